The van der Waals surface area contributed by atoms with E-state index >= 15 is 0 Å². The van der Waals surface area contributed by atoms with E-state index in [1.54, 1.807) is 17.5 Å². The summed E-state index contributed by atoms with van der Waals surface area (Å²) < 4.78 is 1.15. The Morgan fingerprint density at radius 2 is 1.96 bits per heavy atom. The monoisotopic (exact) mass is 392 g/mol. The molecule has 0 radical (unpaired) electrons. The van der Waals surface area contributed by atoms with Crippen molar-refractivity contribution in [3.8, 4) is 11.4 Å². The lowest BCUT2D eigenvalue weighted by Gasteiger charge is -2.14. The van der Waals surface area contributed by atoms with Crippen molar-refractivity contribution in [1.82, 2.24) is 19.9 Å². The van der Waals surface area contributed by atoms with Gasteiger partial charge in [-0.15, -0.1) is 11.3 Å². The second kappa shape index (κ2) is 7.87. The minimum atomic E-state index is -0.166. The number of aryl methyl sites for hydroxylation is 1. The molecule has 0 bridgehead atoms. The van der Waals surface area contributed by atoms with Gasteiger partial charge in [0.15, 0.2) is 0 Å². The maximum Gasteiger partial charge on any atom is 0.225 e. The van der Waals surface area contributed by atoms with Crippen LogP contribution in [0.1, 0.15) is 11.9 Å². The van der Waals surface area contributed by atoms with Crippen LogP contribution in [0.25, 0.3) is 21.6 Å². The summed E-state index contributed by atoms with van der Waals surface area (Å²) in [4.78, 5) is 18.0. The van der Waals surface area contributed by atoms with Gasteiger partial charge in [0.25, 0.3) is 0 Å². The second-order valence-electron chi connectivity index (χ2n) is 6.45. The van der Waals surface area contributed by atoms with Crippen LogP contribution in [0.4, 0.5) is 17.5 Å². The minimum absolute atomic E-state index is 0.0141. The zero-order valence-corrected chi connectivity index (χ0v) is 16.4. The number of nitrogens with zero attached hydrogens (tertiary/aromatic N) is 4. The van der Waals surface area contributed by atoms with Crippen molar-refractivity contribution < 1.29 is 5.11 Å². The Bertz CT molecular complexity index is 1100. The third-order valence-corrected chi connectivity index (χ3v) is 5.02. The number of aromatic nitrogens is 4. The summed E-state index contributed by atoms with van der Waals surface area (Å²) in [5, 5.41) is 16.8. The van der Waals surface area contributed by atoms with Crippen LogP contribution in [-0.4, -0.2) is 37.7 Å². The van der Waals surface area contributed by atoms with Gasteiger partial charge < -0.3 is 15.7 Å². The number of anilines is 3. The van der Waals surface area contributed by atoms with Crippen molar-refractivity contribution in [2.24, 2.45) is 0 Å². The molecule has 4 rings (SSSR count). The third-order valence-electron chi connectivity index (χ3n) is 4.07. The lowest BCUT2D eigenvalue weighted by Crippen LogP contribution is -2.21. The van der Waals surface area contributed by atoms with Crippen LogP contribution in [0.5, 0.6) is 0 Å². The fourth-order valence-electron chi connectivity index (χ4n) is 2.76. The Kier molecular flexibility index (Phi) is 5.14. The number of aliphatic hydroxyl groups excluding tert-OH is 1. The van der Waals surface area contributed by atoms with Crippen LogP contribution >= 0.6 is 11.3 Å². The van der Waals surface area contributed by atoms with Crippen molar-refractivity contribution in [2.75, 3.05) is 17.2 Å². The molecule has 0 saturated carbocycles. The zero-order valence-electron chi connectivity index (χ0n) is 15.5. The van der Waals surface area contributed by atoms with Gasteiger partial charge in [0.2, 0.25) is 5.95 Å². The largest absolute Gasteiger partial charge is 0.394 e. The normalized spacial score (nSPS) is 12.1. The molecule has 0 amide bonds. The van der Waals surface area contributed by atoms with Crippen LogP contribution in [0.15, 0.2) is 48.7 Å². The highest BCUT2D eigenvalue weighted by Gasteiger charge is 2.11. The average Bonchev–Trinajstić information content (AvgIpc) is 3.07. The number of aliphatic hydroxyl groups is 1. The Balaban J connectivity index is 1.70. The fraction of sp³-hybridized carbons (Fsp3) is 0.200. The van der Waals surface area contributed by atoms with Gasteiger partial charge in [0.1, 0.15) is 5.82 Å². The van der Waals surface area contributed by atoms with Crippen molar-refractivity contribution >= 4 is 39.0 Å². The van der Waals surface area contributed by atoms with Crippen LogP contribution in [0, 0.1) is 6.92 Å². The molecule has 3 aromatic heterocycles. The smallest absolute Gasteiger partial charge is 0.225 e. The fourth-order valence-corrected chi connectivity index (χ4v) is 3.56. The molecule has 0 aliphatic rings. The van der Waals surface area contributed by atoms with E-state index in [-0.39, 0.29) is 12.6 Å². The topological polar surface area (TPSA) is 95.9 Å². The number of hydrogen-bond donors (Lipinski definition) is 3. The number of pyridine rings is 1. The van der Waals surface area contributed by atoms with Crippen molar-refractivity contribution in [2.45, 2.75) is 19.9 Å². The second-order valence-corrected chi connectivity index (χ2v) is 7.68. The maximum atomic E-state index is 9.34. The Morgan fingerprint density at radius 3 is 2.75 bits per heavy atom. The summed E-state index contributed by atoms with van der Waals surface area (Å²) in [6.45, 7) is 3.85. The Hall–Kier alpha value is -3.10. The molecule has 0 unspecified atom stereocenters. The van der Waals surface area contributed by atoms with Crippen LogP contribution in [0.2, 0.25) is 0 Å². The number of rotatable bonds is 6. The average molecular weight is 392 g/mol. The highest BCUT2D eigenvalue weighted by molar-refractivity contribution is 7.18. The molecule has 28 heavy (non-hydrogen) atoms. The lowest BCUT2D eigenvalue weighted by atomic mass is 10.2. The van der Waals surface area contributed by atoms with Crippen molar-refractivity contribution in [1.29, 1.82) is 0 Å². The molecule has 0 saturated heterocycles. The van der Waals surface area contributed by atoms with E-state index < -0.39 is 0 Å². The van der Waals surface area contributed by atoms with Gasteiger partial charge in [-0.3, -0.25) is 4.98 Å². The molecule has 0 spiro atoms. The SMILES string of the molecule is Cc1nc2cc(Nc3cc(-c4ccccn4)nc(N[C@@H](C)CO)n3)ccc2s1. The highest BCUT2D eigenvalue weighted by Crippen LogP contribution is 2.27. The third kappa shape index (κ3) is 4.08. The summed E-state index contributed by atoms with van der Waals surface area (Å²) in [6, 6.07) is 13.4. The van der Waals surface area contributed by atoms with Crippen molar-refractivity contribution in [3.05, 3.63) is 53.7 Å². The maximum absolute atomic E-state index is 9.34. The number of nitrogens with one attached hydrogen (secondary N) is 2. The number of hydrogen-bond acceptors (Lipinski definition) is 8. The van der Waals surface area contributed by atoms with Gasteiger partial charge in [-0.25, -0.2) is 9.97 Å². The molecule has 3 N–H and O–H groups in total. The molecule has 7 nitrogen and oxygen atoms in total. The van der Waals surface area contributed by atoms with E-state index in [0.29, 0.717) is 17.5 Å². The van der Waals surface area contributed by atoms with Crippen molar-refractivity contribution in [3.63, 3.8) is 0 Å². The van der Waals surface area contributed by atoms with Crippen LogP contribution in [0.3, 0.4) is 0 Å². The van der Waals surface area contributed by atoms with E-state index in [2.05, 4.69) is 36.6 Å². The first kappa shape index (κ1) is 18.3. The molecular formula is C20H20N6OS. The summed E-state index contributed by atoms with van der Waals surface area (Å²) in [7, 11) is 0. The Labute approximate surface area is 166 Å². The quantitative estimate of drug-likeness (QED) is 0.456. The van der Waals surface area contributed by atoms with E-state index in [4.69, 9.17) is 0 Å². The van der Waals surface area contributed by atoms with E-state index in [1.165, 1.54) is 0 Å². The molecule has 0 aliphatic carbocycles. The van der Waals surface area contributed by atoms with E-state index in [1.807, 2.05) is 50.2 Å². The summed E-state index contributed by atoms with van der Waals surface area (Å²) in [5.41, 5.74) is 3.29. The van der Waals surface area contributed by atoms with Gasteiger partial charge in [-0.05, 0) is 44.2 Å². The highest BCUT2D eigenvalue weighted by atomic mass is 32.1. The summed E-state index contributed by atoms with van der Waals surface area (Å²) in [5.74, 6) is 1.06. The Morgan fingerprint density at radius 1 is 1.07 bits per heavy atom. The molecule has 0 fully saturated rings. The van der Waals surface area contributed by atoms with E-state index in [9.17, 15) is 5.11 Å². The van der Waals surface area contributed by atoms with Crippen LogP contribution in [-0.2, 0) is 0 Å². The van der Waals surface area contributed by atoms with Gasteiger partial charge >= 0.3 is 0 Å². The number of benzene rings is 1. The molecular weight excluding hydrogens is 372 g/mol. The predicted molar refractivity (Wildman–Crippen MR) is 113 cm³/mol. The molecule has 1 atom stereocenters. The van der Waals surface area contributed by atoms with Gasteiger partial charge in [0, 0.05) is 24.0 Å². The standard InChI is InChI=1S/C20H20N6OS/c1-12(11-27)22-20-25-16(15-5-3-4-8-21-15)10-19(26-20)24-14-6-7-18-17(9-14)23-13(2)28-18/h3-10,12,27H,11H2,1-2H3,(H2,22,24,25,26)/t12-/m0/s1. The zero-order chi connectivity index (χ0) is 19.5. The summed E-state index contributed by atoms with van der Waals surface area (Å²) >= 11 is 1.67. The number of thiazole rings is 1. The first-order valence-electron chi connectivity index (χ1n) is 8.93. The molecule has 4 aromatic rings. The molecule has 3 heterocycles. The summed E-state index contributed by atoms with van der Waals surface area (Å²) in [6.07, 6.45) is 1.73. The number of fused-ring (bicyclic) bond motifs is 1. The van der Waals surface area contributed by atoms with E-state index in [0.717, 1.165) is 26.6 Å². The predicted octanol–water partition coefficient (Wildman–Crippen LogP) is 3.99. The van der Waals surface area contributed by atoms with Gasteiger partial charge in [-0.2, -0.15) is 4.98 Å². The first-order chi connectivity index (χ1) is 13.6. The van der Waals surface area contributed by atoms with Gasteiger partial charge in [-0.1, -0.05) is 6.07 Å². The van der Waals surface area contributed by atoms with Gasteiger partial charge in [0.05, 0.1) is 33.2 Å². The molecule has 142 valence electrons. The molecule has 8 heteroatoms. The minimum Gasteiger partial charge on any atom is -0.394 e. The van der Waals surface area contributed by atoms with Crippen LogP contribution < -0.4 is 10.6 Å². The lowest BCUT2D eigenvalue weighted by molar-refractivity contribution is 0.281. The molecule has 1 aromatic carbocycles. The first-order valence-corrected chi connectivity index (χ1v) is 9.74. The molecule has 0 aliphatic heterocycles.